The molecule has 0 amide bonds. The SMILES string of the molecule is O=S(=O)(O)C1=CC(=NBr)C=CC1=NBr. The van der Waals surface area contributed by atoms with Crippen molar-refractivity contribution in [3.05, 3.63) is 23.1 Å². The Morgan fingerprint density at radius 3 is 2.29 bits per heavy atom. The third-order valence-electron chi connectivity index (χ3n) is 1.41. The molecule has 1 N–H and O–H groups in total. The van der Waals surface area contributed by atoms with E-state index in [-0.39, 0.29) is 10.6 Å². The molecule has 0 atom stereocenters. The number of allylic oxidation sites excluding steroid dienone is 4. The smallest absolute Gasteiger partial charge is 0.282 e. The third kappa shape index (κ3) is 2.59. The number of rotatable bonds is 1. The quantitative estimate of drug-likeness (QED) is 0.582. The highest BCUT2D eigenvalue weighted by molar-refractivity contribution is 9.08. The van der Waals surface area contributed by atoms with E-state index in [1.165, 1.54) is 12.2 Å². The maximum Gasteiger partial charge on any atom is 0.296 e. The van der Waals surface area contributed by atoms with Crippen LogP contribution in [-0.2, 0) is 10.1 Å². The Balaban J connectivity index is 3.31. The lowest BCUT2D eigenvalue weighted by Crippen LogP contribution is -2.15. The van der Waals surface area contributed by atoms with E-state index in [4.69, 9.17) is 4.55 Å². The van der Waals surface area contributed by atoms with Gasteiger partial charge in [0, 0.05) is 0 Å². The van der Waals surface area contributed by atoms with Gasteiger partial charge in [0.05, 0.1) is 43.7 Å². The molecule has 0 heterocycles. The van der Waals surface area contributed by atoms with Gasteiger partial charge in [0.25, 0.3) is 10.1 Å². The summed E-state index contributed by atoms with van der Waals surface area (Å²) in [7, 11) is -4.28. The van der Waals surface area contributed by atoms with E-state index in [1.54, 1.807) is 6.08 Å². The second kappa shape index (κ2) is 4.47. The van der Waals surface area contributed by atoms with E-state index < -0.39 is 10.1 Å². The molecule has 76 valence electrons. The summed E-state index contributed by atoms with van der Waals surface area (Å²) in [6, 6.07) is 0. The minimum atomic E-state index is -4.28. The molecule has 1 rings (SSSR count). The number of hydrogen-bond donors (Lipinski definition) is 1. The highest BCUT2D eigenvalue weighted by Crippen LogP contribution is 2.15. The summed E-state index contributed by atoms with van der Waals surface area (Å²) in [5.41, 5.74) is 0.491. The fraction of sp³-hybridized carbons (Fsp3) is 0. The van der Waals surface area contributed by atoms with Crippen molar-refractivity contribution in [3.8, 4) is 0 Å². The van der Waals surface area contributed by atoms with Gasteiger partial charge < -0.3 is 0 Å². The maximum atomic E-state index is 10.9. The van der Waals surface area contributed by atoms with Crippen LogP contribution in [0.3, 0.4) is 0 Å². The highest BCUT2D eigenvalue weighted by Gasteiger charge is 2.21. The normalized spacial score (nSPS) is 22.9. The van der Waals surface area contributed by atoms with Crippen molar-refractivity contribution in [2.45, 2.75) is 0 Å². The van der Waals surface area contributed by atoms with E-state index in [0.717, 1.165) is 0 Å². The van der Waals surface area contributed by atoms with Crippen LogP contribution in [0, 0.1) is 0 Å². The van der Waals surface area contributed by atoms with E-state index in [2.05, 4.69) is 40.3 Å². The molecule has 0 spiro atoms. The van der Waals surface area contributed by atoms with E-state index in [9.17, 15) is 8.42 Å². The second-order valence-corrected chi connectivity index (χ2v) is 4.40. The minimum absolute atomic E-state index is 0.118. The molecule has 14 heavy (non-hydrogen) atoms. The Bertz CT molecular complexity index is 461. The van der Waals surface area contributed by atoms with Crippen LogP contribution in [0.5, 0.6) is 0 Å². The van der Waals surface area contributed by atoms with Gasteiger partial charge in [-0.2, -0.15) is 8.42 Å². The molecule has 0 aromatic rings. The van der Waals surface area contributed by atoms with Gasteiger partial charge in [-0.1, -0.05) is 0 Å². The molecule has 0 aliphatic heterocycles. The summed E-state index contributed by atoms with van der Waals surface area (Å²) in [5, 5.41) is 0. The Hall–Kier alpha value is -0.310. The van der Waals surface area contributed by atoms with Crippen LogP contribution in [0.25, 0.3) is 0 Å². The monoisotopic (exact) mass is 342 g/mol. The Kier molecular flexibility index (Phi) is 3.76. The van der Waals surface area contributed by atoms with Crippen LogP contribution in [-0.4, -0.2) is 24.4 Å². The highest BCUT2D eigenvalue weighted by atomic mass is 79.9. The summed E-state index contributed by atoms with van der Waals surface area (Å²) < 4.78 is 37.8. The van der Waals surface area contributed by atoms with Gasteiger partial charge in [-0.3, -0.25) is 4.55 Å². The van der Waals surface area contributed by atoms with Gasteiger partial charge >= 0.3 is 0 Å². The van der Waals surface area contributed by atoms with Crippen LogP contribution in [0.1, 0.15) is 0 Å². The predicted octanol–water partition coefficient (Wildman–Crippen LogP) is 1.83. The van der Waals surface area contributed by atoms with E-state index in [0.29, 0.717) is 5.71 Å². The number of halogens is 2. The van der Waals surface area contributed by atoms with E-state index in [1.807, 2.05) is 0 Å². The summed E-state index contributed by atoms with van der Waals surface area (Å²) in [6.45, 7) is 0. The van der Waals surface area contributed by atoms with Crippen molar-refractivity contribution in [3.63, 3.8) is 0 Å². The molecule has 1 aliphatic rings. The third-order valence-corrected chi connectivity index (χ3v) is 3.08. The molecule has 0 bridgehead atoms. The lowest BCUT2D eigenvalue weighted by Gasteiger charge is -2.07. The maximum absolute atomic E-state index is 10.9. The molecule has 0 aromatic carbocycles. The molecule has 1 aliphatic carbocycles. The van der Waals surface area contributed by atoms with Gasteiger partial charge in [-0.25, -0.2) is 8.04 Å². The minimum Gasteiger partial charge on any atom is -0.282 e. The second-order valence-electron chi connectivity index (χ2n) is 2.30. The van der Waals surface area contributed by atoms with Gasteiger partial charge in [-0.05, 0) is 18.2 Å². The molecular formula is C6H4Br2N2O3S. The summed E-state index contributed by atoms with van der Waals surface area (Å²) in [4.78, 5) is -0.296. The van der Waals surface area contributed by atoms with Crippen molar-refractivity contribution >= 4 is 53.8 Å². The molecule has 8 heteroatoms. The molecule has 0 saturated carbocycles. The van der Waals surface area contributed by atoms with Crippen molar-refractivity contribution in [2.24, 2.45) is 8.04 Å². The van der Waals surface area contributed by atoms with Crippen molar-refractivity contribution in [1.82, 2.24) is 0 Å². The lowest BCUT2D eigenvalue weighted by molar-refractivity contribution is 0.493. The van der Waals surface area contributed by atoms with Crippen LogP contribution < -0.4 is 0 Å². The topological polar surface area (TPSA) is 79.1 Å². The molecule has 0 aromatic heterocycles. The zero-order valence-corrected chi connectivity index (χ0v) is 10.5. The van der Waals surface area contributed by atoms with Crippen molar-refractivity contribution in [1.29, 1.82) is 0 Å². The fourth-order valence-corrected chi connectivity index (χ4v) is 2.13. The van der Waals surface area contributed by atoms with Crippen LogP contribution in [0.4, 0.5) is 0 Å². The van der Waals surface area contributed by atoms with Gasteiger partial charge in [0.2, 0.25) is 0 Å². The van der Waals surface area contributed by atoms with Crippen LogP contribution in [0.2, 0.25) is 0 Å². The fourth-order valence-electron chi connectivity index (χ4n) is 0.832. The Labute approximate surface area is 97.8 Å². The van der Waals surface area contributed by atoms with Crippen LogP contribution in [0.15, 0.2) is 31.2 Å². The average molecular weight is 344 g/mol. The molecule has 0 saturated heterocycles. The first kappa shape index (κ1) is 11.8. The number of hydrogen-bond acceptors (Lipinski definition) is 4. The molecule has 0 fully saturated rings. The number of nitrogens with zero attached hydrogens (tertiary/aromatic N) is 2. The molecule has 0 unspecified atom stereocenters. The van der Waals surface area contributed by atoms with Gasteiger partial charge in [0.15, 0.2) is 0 Å². The van der Waals surface area contributed by atoms with Crippen LogP contribution >= 0.6 is 32.3 Å². The first-order valence-electron chi connectivity index (χ1n) is 3.24. The average Bonchev–Trinajstić information content (AvgIpc) is 2.15. The van der Waals surface area contributed by atoms with Crippen molar-refractivity contribution in [2.75, 3.05) is 0 Å². The van der Waals surface area contributed by atoms with Gasteiger partial charge in [0.1, 0.15) is 4.91 Å². The molecule has 0 radical (unpaired) electrons. The zero-order chi connectivity index (χ0) is 10.8. The molecule has 5 nitrogen and oxygen atoms in total. The summed E-state index contributed by atoms with van der Waals surface area (Å²) >= 11 is 5.57. The van der Waals surface area contributed by atoms with Crippen molar-refractivity contribution < 1.29 is 13.0 Å². The van der Waals surface area contributed by atoms with Gasteiger partial charge in [-0.15, -0.1) is 0 Å². The summed E-state index contributed by atoms with van der Waals surface area (Å²) in [6.07, 6.45) is 4.16. The molecular weight excluding hydrogens is 340 g/mol. The van der Waals surface area contributed by atoms with E-state index >= 15 is 0 Å². The zero-order valence-electron chi connectivity index (χ0n) is 6.55. The standard InChI is InChI=1S/C6H4Br2N2O3S/c7-9-4-1-2-5(10-8)6(3-4)14(11,12)13/h1-3H,(H,11,12,13). The Morgan fingerprint density at radius 1 is 1.21 bits per heavy atom. The lowest BCUT2D eigenvalue weighted by atomic mass is 10.1. The largest absolute Gasteiger partial charge is 0.296 e. The first-order valence-corrected chi connectivity index (χ1v) is 6.10. The predicted molar refractivity (Wildman–Crippen MR) is 61.5 cm³/mol. The summed E-state index contributed by atoms with van der Waals surface area (Å²) in [5.74, 6) is 0. The first-order chi connectivity index (χ1) is 6.49. The Morgan fingerprint density at radius 2 is 1.86 bits per heavy atom.